The molecule has 140 valence electrons. The summed E-state index contributed by atoms with van der Waals surface area (Å²) >= 11 is 1.69. The van der Waals surface area contributed by atoms with Crippen LogP contribution in [-0.4, -0.2) is 42.5 Å². The molecule has 0 unspecified atom stereocenters. The van der Waals surface area contributed by atoms with Crippen molar-refractivity contribution in [2.75, 3.05) is 36.5 Å². The first-order chi connectivity index (χ1) is 13.3. The van der Waals surface area contributed by atoms with Crippen molar-refractivity contribution in [3.05, 3.63) is 33.5 Å². The van der Waals surface area contributed by atoms with Crippen molar-refractivity contribution in [2.24, 2.45) is 0 Å². The van der Waals surface area contributed by atoms with Gasteiger partial charge in [0.25, 0.3) is 5.91 Å². The number of amides is 1. The molecule has 2 aliphatic rings. The summed E-state index contributed by atoms with van der Waals surface area (Å²) in [4.78, 5) is 16.4. The quantitative estimate of drug-likeness (QED) is 0.747. The van der Waals surface area contributed by atoms with Crippen molar-refractivity contribution in [3.63, 3.8) is 0 Å². The summed E-state index contributed by atoms with van der Waals surface area (Å²) in [5.74, 6) is -0.0853. The van der Waals surface area contributed by atoms with E-state index >= 15 is 0 Å². The Bertz CT molecular complexity index is 990. The van der Waals surface area contributed by atoms with Crippen molar-refractivity contribution < 1.29 is 14.2 Å². The van der Waals surface area contributed by atoms with E-state index in [-0.39, 0.29) is 5.91 Å². The minimum Gasteiger partial charge on any atom is -0.378 e. The fourth-order valence-corrected chi connectivity index (χ4v) is 5.01. The Labute approximate surface area is 160 Å². The SMILES string of the molecule is O=C(Nc1ccc(N2CCOCC2)c2nonc12)c1csc2c1CCCC2. The molecule has 1 N–H and O–H groups in total. The van der Waals surface area contributed by atoms with Gasteiger partial charge in [-0.15, -0.1) is 11.3 Å². The predicted octanol–water partition coefficient (Wildman–Crippen LogP) is 3.25. The summed E-state index contributed by atoms with van der Waals surface area (Å²) in [7, 11) is 0. The summed E-state index contributed by atoms with van der Waals surface area (Å²) in [5, 5.41) is 13.1. The highest BCUT2D eigenvalue weighted by Crippen LogP contribution is 2.33. The van der Waals surface area contributed by atoms with Gasteiger partial charge in [0.1, 0.15) is 0 Å². The molecular weight excluding hydrogens is 364 g/mol. The van der Waals surface area contributed by atoms with Crippen LogP contribution >= 0.6 is 11.3 Å². The molecule has 1 saturated heterocycles. The van der Waals surface area contributed by atoms with E-state index < -0.39 is 0 Å². The highest BCUT2D eigenvalue weighted by Gasteiger charge is 2.23. The highest BCUT2D eigenvalue weighted by atomic mass is 32.1. The van der Waals surface area contributed by atoms with Gasteiger partial charge in [-0.3, -0.25) is 4.79 Å². The van der Waals surface area contributed by atoms with Crippen molar-refractivity contribution in [3.8, 4) is 0 Å². The van der Waals surface area contributed by atoms with Crippen LogP contribution in [0.3, 0.4) is 0 Å². The van der Waals surface area contributed by atoms with E-state index in [4.69, 9.17) is 9.37 Å². The van der Waals surface area contributed by atoms with Crippen molar-refractivity contribution in [2.45, 2.75) is 25.7 Å². The van der Waals surface area contributed by atoms with Gasteiger partial charge in [0, 0.05) is 23.3 Å². The van der Waals surface area contributed by atoms with Gasteiger partial charge in [-0.05, 0) is 53.7 Å². The highest BCUT2D eigenvalue weighted by molar-refractivity contribution is 7.10. The Morgan fingerprint density at radius 3 is 2.81 bits per heavy atom. The molecule has 0 atom stereocenters. The molecule has 1 aromatic carbocycles. The molecule has 2 aromatic heterocycles. The standard InChI is InChI=1S/C19H20N4O3S/c24-19(13-11-27-16-4-2-1-3-12(13)16)20-14-5-6-15(18-17(14)21-26-22-18)23-7-9-25-10-8-23/h5-6,11H,1-4,7-10H2,(H,20,24). The third-order valence-corrected chi connectivity index (χ3v) is 6.39. The van der Waals surface area contributed by atoms with E-state index in [0.717, 1.165) is 43.6 Å². The number of anilines is 2. The number of aromatic nitrogens is 2. The Morgan fingerprint density at radius 2 is 1.93 bits per heavy atom. The Hall–Kier alpha value is -2.45. The van der Waals surface area contributed by atoms with Crippen LogP contribution < -0.4 is 10.2 Å². The zero-order valence-electron chi connectivity index (χ0n) is 14.9. The Kier molecular flexibility index (Phi) is 4.29. The number of morpholine rings is 1. The molecule has 0 saturated carbocycles. The number of fused-ring (bicyclic) bond motifs is 2. The summed E-state index contributed by atoms with van der Waals surface area (Å²) in [6.07, 6.45) is 4.43. The molecule has 1 aliphatic carbocycles. The average Bonchev–Trinajstić information content (AvgIpc) is 3.36. The molecule has 0 spiro atoms. The second kappa shape index (κ2) is 6.94. The Balaban J connectivity index is 1.45. The van der Waals surface area contributed by atoms with E-state index in [1.807, 2.05) is 17.5 Å². The largest absolute Gasteiger partial charge is 0.378 e. The number of carbonyl (C=O) groups excluding carboxylic acids is 1. The van der Waals surface area contributed by atoms with Crippen LogP contribution in [0.1, 0.15) is 33.6 Å². The number of aryl methyl sites for hydroxylation is 1. The second-order valence-electron chi connectivity index (χ2n) is 6.91. The zero-order valence-corrected chi connectivity index (χ0v) is 15.7. The molecule has 5 rings (SSSR count). The lowest BCUT2D eigenvalue weighted by molar-refractivity contribution is 0.102. The number of nitrogens with zero attached hydrogens (tertiary/aromatic N) is 3. The fraction of sp³-hybridized carbons (Fsp3) is 0.421. The van der Waals surface area contributed by atoms with E-state index in [2.05, 4.69) is 20.5 Å². The molecular formula is C19H20N4O3S. The van der Waals surface area contributed by atoms with Gasteiger partial charge in [-0.2, -0.15) is 0 Å². The zero-order chi connectivity index (χ0) is 18.2. The second-order valence-corrected chi connectivity index (χ2v) is 7.87. The van der Waals surface area contributed by atoms with Crippen LogP contribution in [0.4, 0.5) is 11.4 Å². The van der Waals surface area contributed by atoms with Gasteiger partial charge in [-0.25, -0.2) is 4.63 Å². The van der Waals surface area contributed by atoms with Crippen molar-refractivity contribution in [1.29, 1.82) is 0 Å². The maximum absolute atomic E-state index is 12.9. The van der Waals surface area contributed by atoms with Gasteiger partial charge < -0.3 is 15.0 Å². The fourth-order valence-electron chi connectivity index (χ4n) is 3.89. The van der Waals surface area contributed by atoms with Crippen LogP contribution in [0.25, 0.3) is 11.0 Å². The first kappa shape index (κ1) is 16.7. The minimum atomic E-state index is -0.0853. The Morgan fingerprint density at radius 1 is 1.11 bits per heavy atom. The molecule has 1 fully saturated rings. The summed E-state index contributed by atoms with van der Waals surface area (Å²) < 4.78 is 10.4. The van der Waals surface area contributed by atoms with E-state index in [1.54, 1.807) is 11.3 Å². The molecule has 27 heavy (non-hydrogen) atoms. The topological polar surface area (TPSA) is 80.5 Å². The van der Waals surface area contributed by atoms with Crippen LogP contribution in [0.5, 0.6) is 0 Å². The first-order valence-electron chi connectivity index (χ1n) is 9.30. The normalized spacial score (nSPS) is 17.1. The van der Waals surface area contributed by atoms with Gasteiger partial charge >= 0.3 is 0 Å². The van der Waals surface area contributed by atoms with Crippen LogP contribution in [0, 0.1) is 0 Å². The summed E-state index contributed by atoms with van der Waals surface area (Å²) in [6, 6.07) is 3.85. The molecule has 3 heterocycles. The van der Waals surface area contributed by atoms with Gasteiger partial charge in [-0.1, -0.05) is 0 Å². The van der Waals surface area contributed by atoms with Crippen molar-refractivity contribution >= 4 is 39.7 Å². The van der Waals surface area contributed by atoms with Crippen LogP contribution in [0.15, 0.2) is 22.1 Å². The number of ether oxygens (including phenoxy) is 1. The van der Waals surface area contributed by atoms with Crippen LogP contribution in [0.2, 0.25) is 0 Å². The minimum absolute atomic E-state index is 0.0853. The van der Waals surface area contributed by atoms with Gasteiger partial charge in [0.15, 0.2) is 11.0 Å². The lowest BCUT2D eigenvalue weighted by Crippen LogP contribution is -2.36. The first-order valence-corrected chi connectivity index (χ1v) is 10.2. The van der Waals surface area contributed by atoms with Gasteiger partial charge in [0.05, 0.1) is 30.2 Å². The third-order valence-electron chi connectivity index (χ3n) is 5.30. The van der Waals surface area contributed by atoms with E-state index in [9.17, 15) is 4.79 Å². The number of benzene rings is 1. The van der Waals surface area contributed by atoms with Crippen molar-refractivity contribution in [1.82, 2.24) is 10.3 Å². The lowest BCUT2D eigenvalue weighted by atomic mass is 9.95. The number of nitrogens with one attached hydrogen (secondary N) is 1. The number of hydrogen-bond acceptors (Lipinski definition) is 7. The van der Waals surface area contributed by atoms with E-state index in [1.165, 1.54) is 16.9 Å². The molecule has 1 amide bonds. The summed E-state index contributed by atoms with van der Waals surface area (Å²) in [5.41, 5.74) is 4.84. The van der Waals surface area contributed by atoms with Crippen LogP contribution in [-0.2, 0) is 17.6 Å². The monoisotopic (exact) mass is 384 g/mol. The molecule has 3 aromatic rings. The molecule has 8 heteroatoms. The maximum Gasteiger partial charge on any atom is 0.256 e. The average molecular weight is 384 g/mol. The molecule has 1 aliphatic heterocycles. The molecule has 7 nitrogen and oxygen atoms in total. The predicted molar refractivity (Wildman–Crippen MR) is 104 cm³/mol. The molecule has 0 bridgehead atoms. The number of thiophene rings is 1. The summed E-state index contributed by atoms with van der Waals surface area (Å²) in [6.45, 7) is 2.98. The maximum atomic E-state index is 12.9. The number of rotatable bonds is 3. The third kappa shape index (κ3) is 2.98. The smallest absolute Gasteiger partial charge is 0.256 e. The molecule has 0 radical (unpaired) electrons. The van der Waals surface area contributed by atoms with E-state index in [0.29, 0.717) is 29.9 Å². The van der Waals surface area contributed by atoms with Gasteiger partial charge in [0.2, 0.25) is 0 Å². The lowest BCUT2D eigenvalue weighted by Gasteiger charge is -2.28. The number of carbonyl (C=O) groups is 1. The number of hydrogen-bond donors (Lipinski definition) is 1.